The smallest absolute Gasteiger partial charge is 0.410 e. The van der Waals surface area contributed by atoms with Crippen molar-refractivity contribution in [2.75, 3.05) is 57.3 Å². The number of carbonyl (C=O) groups is 1. The molecular weight excluding hydrogens is 352 g/mol. The molecule has 2 aliphatic heterocycles. The lowest BCUT2D eigenvalue weighted by Crippen LogP contribution is -2.50. The number of carbonyl (C=O) groups excluding carboxylic acids is 1. The second-order valence-electron chi connectivity index (χ2n) is 8.51. The van der Waals surface area contributed by atoms with Crippen molar-refractivity contribution in [1.29, 1.82) is 0 Å². The first-order valence-corrected chi connectivity index (χ1v) is 10.1. The van der Waals surface area contributed by atoms with Crippen molar-refractivity contribution in [3.63, 3.8) is 0 Å². The van der Waals surface area contributed by atoms with Crippen molar-refractivity contribution < 1.29 is 9.53 Å². The van der Waals surface area contributed by atoms with E-state index in [2.05, 4.69) is 39.2 Å². The average Bonchev–Trinajstić information content (AvgIpc) is 2.67. The van der Waals surface area contributed by atoms with Gasteiger partial charge in [0.2, 0.25) is 0 Å². The largest absolute Gasteiger partial charge is 0.444 e. The summed E-state index contributed by atoms with van der Waals surface area (Å²) in [5.74, 6) is 2.79. The van der Waals surface area contributed by atoms with Crippen LogP contribution in [0.1, 0.15) is 31.9 Å². The summed E-state index contributed by atoms with van der Waals surface area (Å²) in [6.07, 6.45) is 5.48. The van der Waals surface area contributed by atoms with Crippen LogP contribution in [-0.2, 0) is 11.3 Å². The molecule has 0 aliphatic carbocycles. The van der Waals surface area contributed by atoms with E-state index in [9.17, 15) is 4.79 Å². The molecule has 28 heavy (non-hydrogen) atoms. The van der Waals surface area contributed by atoms with E-state index in [0.29, 0.717) is 13.1 Å². The first-order chi connectivity index (χ1) is 13.3. The normalized spacial score (nSPS) is 18.6. The maximum Gasteiger partial charge on any atom is 0.410 e. The molecule has 1 aromatic carbocycles. The Balaban J connectivity index is 1.64. The number of piperazine rings is 2. The predicted molar refractivity (Wildman–Crippen MR) is 113 cm³/mol. The van der Waals surface area contributed by atoms with Gasteiger partial charge >= 0.3 is 6.09 Å². The van der Waals surface area contributed by atoms with Gasteiger partial charge < -0.3 is 19.9 Å². The zero-order valence-electron chi connectivity index (χ0n) is 17.3. The summed E-state index contributed by atoms with van der Waals surface area (Å²) >= 11 is 0. The van der Waals surface area contributed by atoms with Gasteiger partial charge in [-0.15, -0.1) is 6.42 Å². The molecule has 2 fully saturated rings. The third kappa shape index (κ3) is 5.63. The first-order valence-electron chi connectivity index (χ1n) is 10.1. The lowest BCUT2D eigenvalue weighted by Gasteiger charge is -2.37. The summed E-state index contributed by atoms with van der Waals surface area (Å²) in [5.41, 5.74) is 2.84. The number of amides is 1. The quantitative estimate of drug-likeness (QED) is 0.809. The monoisotopic (exact) mass is 384 g/mol. The van der Waals surface area contributed by atoms with E-state index in [4.69, 9.17) is 11.2 Å². The lowest BCUT2D eigenvalue weighted by atomic mass is 10.1. The van der Waals surface area contributed by atoms with Gasteiger partial charge in [-0.3, -0.25) is 4.90 Å². The van der Waals surface area contributed by atoms with Crippen LogP contribution in [0.2, 0.25) is 0 Å². The van der Waals surface area contributed by atoms with Crippen molar-refractivity contribution in [2.24, 2.45) is 0 Å². The van der Waals surface area contributed by atoms with E-state index in [1.165, 1.54) is 5.56 Å². The third-order valence-corrected chi connectivity index (χ3v) is 5.06. The number of ether oxygens (including phenoxy) is 1. The van der Waals surface area contributed by atoms with Gasteiger partial charge in [-0.2, -0.15) is 0 Å². The Labute approximate surface area is 168 Å². The van der Waals surface area contributed by atoms with Crippen LogP contribution in [0.15, 0.2) is 18.2 Å². The number of benzene rings is 1. The van der Waals surface area contributed by atoms with E-state index in [0.717, 1.165) is 57.1 Å². The Morgan fingerprint density at radius 3 is 2.39 bits per heavy atom. The maximum atomic E-state index is 12.3. The van der Waals surface area contributed by atoms with E-state index in [-0.39, 0.29) is 6.09 Å². The van der Waals surface area contributed by atoms with Gasteiger partial charge in [-0.25, -0.2) is 4.79 Å². The lowest BCUT2D eigenvalue weighted by molar-refractivity contribution is 0.0240. The minimum Gasteiger partial charge on any atom is -0.444 e. The van der Waals surface area contributed by atoms with Gasteiger partial charge in [0.1, 0.15) is 5.60 Å². The molecule has 6 heteroatoms. The second-order valence-corrected chi connectivity index (χ2v) is 8.51. The maximum absolute atomic E-state index is 12.3. The Morgan fingerprint density at radius 1 is 1.11 bits per heavy atom. The summed E-state index contributed by atoms with van der Waals surface area (Å²) in [7, 11) is 0. The predicted octanol–water partition coefficient (Wildman–Crippen LogP) is 2.13. The molecule has 0 bridgehead atoms. The summed E-state index contributed by atoms with van der Waals surface area (Å²) in [4.78, 5) is 18.8. The summed E-state index contributed by atoms with van der Waals surface area (Å²) in [5, 5.41) is 3.39. The number of hydrogen-bond donors (Lipinski definition) is 1. The number of anilines is 1. The molecule has 0 atom stereocenters. The number of nitrogens with one attached hydrogen (secondary N) is 1. The fourth-order valence-corrected chi connectivity index (χ4v) is 3.63. The minimum atomic E-state index is -0.464. The first kappa shape index (κ1) is 20.5. The van der Waals surface area contributed by atoms with Crippen molar-refractivity contribution in [2.45, 2.75) is 32.9 Å². The molecule has 0 saturated carbocycles. The van der Waals surface area contributed by atoms with Crippen LogP contribution in [0, 0.1) is 12.3 Å². The van der Waals surface area contributed by atoms with Gasteiger partial charge in [0.15, 0.2) is 0 Å². The molecular formula is C22H32N4O2. The topological polar surface area (TPSA) is 48.0 Å². The van der Waals surface area contributed by atoms with Crippen LogP contribution in [0.4, 0.5) is 10.5 Å². The second kappa shape index (κ2) is 8.85. The zero-order valence-corrected chi connectivity index (χ0v) is 17.3. The Kier molecular flexibility index (Phi) is 6.48. The molecule has 2 heterocycles. The number of rotatable bonds is 3. The van der Waals surface area contributed by atoms with E-state index >= 15 is 0 Å². The van der Waals surface area contributed by atoms with E-state index in [1.54, 1.807) is 4.90 Å². The highest BCUT2D eigenvalue weighted by Crippen LogP contribution is 2.22. The molecule has 152 valence electrons. The van der Waals surface area contributed by atoms with Crippen LogP contribution >= 0.6 is 0 Å². The van der Waals surface area contributed by atoms with Gasteiger partial charge in [0.25, 0.3) is 0 Å². The fourth-order valence-electron chi connectivity index (χ4n) is 3.63. The Hall–Kier alpha value is -2.23. The molecule has 2 saturated heterocycles. The highest BCUT2D eigenvalue weighted by Gasteiger charge is 2.26. The van der Waals surface area contributed by atoms with Gasteiger partial charge in [0, 0.05) is 70.2 Å². The minimum absolute atomic E-state index is 0.232. The van der Waals surface area contributed by atoms with Crippen molar-refractivity contribution in [3.8, 4) is 12.3 Å². The van der Waals surface area contributed by atoms with Crippen LogP contribution < -0.4 is 10.2 Å². The van der Waals surface area contributed by atoms with E-state index in [1.807, 2.05) is 20.8 Å². The highest BCUT2D eigenvalue weighted by molar-refractivity contribution is 5.68. The van der Waals surface area contributed by atoms with Gasteiger partial charge in [-0.1, -0.05) is 5.92 Å². The fraction of sp³-hybridized carbons (Fsp3) is 0.591. The van der Waals surface area contributed by atoms with Crippen LogP contribution in [0.5, 0.6) is 0 Å². The SMILES string of the molecule is C#Cc1cc(CN2CCNCC2)cc(N2CCN(C(=O)OC(C)(C)C)CC2)c1. The molecule has 0 unspecified atom stereocenters. The van der Waals surface area contributed by atoms with Crippen molar-refractivity contribution in [3.05, 3.63) is 29.3 Å². The van der Waals surface area contributed by atoms with E-state index < -0.39 is 5.60 Å². The van der Waals surface area contributed by atoms with Crippen LogP contribution in [-0.4, -0.2) is 73.9 Å². The molecule has 2 aliphatic rings. The molecule has 3 rings (SSSR count). The molecule has 1 aromatic rings. The standard InChI is InChI=1S/C22H32N4O2/c1-5-18-14-19(17-24-8-6-23-7-9-24)16-20(15-18)25-10-12-26(13-11-25)21(27)28-22(2,3)4/h1,14-16,23H,6-13,17H2,2-4H3. The van der Waals surface area contributed by atoms with Crippen LogP contribution in [0.3, 0.4) is 0 Å². The summed E-state index contributed by atoms with van der Waals surface area (Å²) in [6, 6.07) is 6.43. The molecule has 1 amide bonds. The van der Waals surface area contributed by atoms with Gasteiger partial charge in [0.05, 0.1) is 0 Å². The van der Waals surface area contributed by atoms with Gasteiger partial charge in [-0.05, 0) is 44.5 Å². The molecule has 6 nitrogen and oxygen atoms in total. The number of terminal acetylenes is 1. The summed E-state index contributed by atoms with van der Waals surface area (Å²) in [6.45, 7) is 13.7. The molecule has 0 radical (unpaired) electrons. The molecule has 1 N–H and O–H groups in total. The van der Waals surface area contributed by atoms with Crippen molar-refractivity contribution >= 4 is 11.8 Å². The third-order valence-electron chi connectivity index (χ3n) is 5.06. The number of nitrogens with zero attached hydrogens (tertiary/aromatic N) is 3. The van der Waals surface area contributed by atoms with Crippen molar-refractivity contribution in [1.82, 2.24) is 15.1 Å². The Bertz CT molecular complexity index is 721. The highest BCUT2D eigenvalue weighted by atomic mass is 16.6. The molecule has 0 aromatic heterocycles. The number of hydrogen-bond acceptors (Lipinski definition) is 5. The zero-order chi connectivity index (χ0) is 20.1. The molecule has 0 spiro atoms. The average molecular weight is 385 g/mol. The Morgan fingerprint density at radius 2 is 1.79 bits per heavy atom. The van der Waals surface area contributed by atoms with Crippen LogP contribution in [0.25, 0.3) is 0 Å². The summed E-state index contributed by atoms with van der Waals surface area (Å²) < 4.78 is 5.49.